The third kappa shape index (κ3) is 4.36. The Hall–Kier alpha value is -2.27. The maximum absolute atomic E-state index is 14.0. The van der Waals surface area contributed by atoms with Crippen LogP contribution in [0.2, 0.25) is 0 Å². The largest absolute Gasteiger partial charge is 0.478 e. The molecule has 2 aromatic carbocycles. The molecule has 1 unspecified atom stereocenters. The second-order valence-corrected chi connectivity index (χ2v) is 5.77. The molecule has 3 nitrogen and oxygen atoms in total. The van der Waals surface area contributed by atoms with Crippen molar-refractivity contribution < 1.29 is 18.7 Å². The molecule has 0 aliphatic carbocycles. The Morgan fingerprint density at radius 3 is 2.52 bits per heavy atom. The molecule has 0 amide bonds. The topological polar surface area (TPSA) is 49.3 Å². The first-order valence-electron chi connectivity index (χ1n) is 7.39. The van der Waals surface area contributed by atoms with Gasteiger partial charge in [0.2, 0.25) is 0 Å². The summed E-state index contributed by atoms with van der Waals surface area (Å²) in [4.78, 5) is 11.0. The van der Waals surface area contributed by atoms with Crippen LogP contribution in [-0.2, 0) is 6.54 Å². The van der Waals surface area contributed by atoms with Crippen molar-refractivity contribution in [3.8, 4) is 0 Å². The fourth-order valence-corrected chi connectivity index (χ4v) is 2.50. The van der Waals surface area contributed by atoms with Gasteiger partial charge in [-0.1, -0.05) is 32.0 Å². The molecule has 5 heteroatoms. The number of benzene rings is 2. The number of hydrogen-bond donors (Lipinski definition) is 2. The minimum atomic E-state index is -0.989. The summed E-state index contributed by atoms with van der Waals surface area (Å²) in [7, 11) is 0. The van der Waals surface area contributed by atoms with Gasteiger partial charge in [-0.15, -0.1) is 0 Å². The number of nitrogens with one attached hydrogen (secondary N) is 1. The van der Waals surface area contributed by atoms with Gasteiger partial charge in [-0.25, -0.2) is 13.6 Å². The SMILES string of the molecule is CC(C)C(NCc1cccc(C(=O)O)c1)c1ccc(F)cc1F. The van der Waals surface area contributed by atoms with Gasteiger partial charge in [-0.2, -0.15) is 0 Å². The number of halogens is 2. The van der Waals surface area contributed by atoms with E-state index in [0.29, 0.717) is 12.1 Å². The van der Waals surface area contributed by atoms with E-state index in [1.165, 1.54) is 18.2 Å². The number of carboxylic acid groups (broad SMARTS) is 1. The van der Waals surface area contributed by atoms with Gasteiger partial charge >= 0.3 is 5.97 Å². The first-order valence-corrected chi connectivity index (χ1v) is 7.39. The molecule has 122 valence electrons. The summed E-state index contributed by atoms with van der Waals surface area (Å²) in [5.74, 6) is -2.10. The van der Waals surface area contributed by atoms with Crippen molar-refractivity contribution in [1.29, 1.82) is 0 Å². The predicted octanol–water partition coefficient (Wildman–Crippen LogP) is 4.15. The van der Waals surface area contributed by atoms with Crippen LogP contribution >= 0.6 is 0 Å². The van der Waals surface area contributed by atoms with Gasteiger partial charge < -0.3 is 10.4 Å². The summed E-state index contributed by atoms with van der Waals surface area (Å²) in [5, 5.41) is 12.2. The maximum Gasteiger partial charge on any atom is 0.335 e. The first-order chi connectivity index (χ1) is 10.9. The van der Waals surface area contributed by atoms with E-state index in [2.05, 4.69) is 5.32 Å². The van der Waals surface area contributed by atoms with Crippen molar-refractivity contribution in [2.45, 2.75) is 26.4 Å². The summed E-state index contributed by atoms with van der Waals surface area (Å²) >= 11 is 0. The number of aromatic carboxylic acids is 1. The summed E-state index contributed by atoms with van der Waals surface area (Å²) in [5.41, 5.74) is 1.40. The minimum Gasteiger partial charge on any atom is -0.478 e. The molecule has 0 fully saturated rings. The maximum atomic E-state index is 14.0. The average Bonchev–Trinajstić information content (AvgIpc) is 2.49. The van der Waals surface area contributed by atoms with Crippen molar-refractivity contribution in [3.05, 3.63) is 70.8 Å². The van der Waals surface area contributed by atoms with Gasteiger partial charge in [0.25, 0.3) is 0 Å². The van der Waals surface area contributed by atoms with Crippen LogP contribution in [0.3, 0.4) is 0 Å². The monoisotopic (exact) mass is 319 g/mol. The van der Waals surface area contributed by atoms with Crippen molar-refractivity contribution in [1.82, 2.24) is 5.32 Å². The number of carboxylic acids is 1. The van der Waals surface area contributed by atoms with Crippen LogP contribution in [0.1, 0.15) is 41.4 Å². The molecule has 2 rings (SSSR count). The molecule has 0 saturated carbocycles. The van der Waals surface area contributed by atoms with Crippen LogP contribution in [-0.4, -0.2) is 11.1 Å². The van der Waals surface area contributed by atoms with E-state index in [1.807, 2.05) is 13.8 Å². The molecule has 2 N–H and O–H groups in total. The van der Waals surface area contributed by atoms with Crippen LogP contribution in [0.5, 0.6) is 0 Å². The summed E-state index contributed by atoms with van der Waals surface area (Å²) in [6.07, 6.45) is 0. The molecule has 23 heavy (non-hydrogen) atoms. The second kappa shape index (κ2) is 7.33. The van der Waals surface area contributed by atoms with Crippen molar-refractivity contribution in [3.63, 3.8) is 0 Å². The van der Waals surface area contributed by atoms with Crippen molar-refractivity contribution in [2.75, 3.05) is 0 Å². The highest BCUT2D eigenvalue weighted by Crippen LogP contribution is 2.25. The van der Waals surface area contributed by atoms with E-state index < -0.39 is 17.6 Å². The van der Waals surface area contributed by atoms with E-state index in [0.717, 1.165) is 11.6 Å². The lowest BCUT2D eigenvalue weighted by Gasteiger charge is -2.23. The summed E-state index contributed by atoms with van der Waals surface area (Å²) < 4.78 is 27.1. The highest BCUT2D eigenvalue weighted by Gasteiger charge is 2.19. The molecule has 0 aromatic heterocycles. The fraction of sp³-hybridized carbons (Fsp3) is 0.278. The molecule has 0 aliphatic rings. The summed E-state index contributed by atoms with van der Waals surface area (Å²) in [6, 6.07) is 9.82. The third-order valence-corrected chi connectivity index (χ3v) is 3.66. The Labute approximate surface area is 134 Å². The molecule has 0 bridgehead atoms. The Morgan fingerprint density at radius 1 is 1.17 bits per heavy atom. The quantitative estimate of drug-likeness (QED) is 0.841. The average molecular weight is 319 g/mol. The summed E-state index contributed by atoms with van der Waals surface area (Å²) in [6.45, 7) is 4.27. The second-order valence-electron chi connectivity index (χ2n) is 5.77. The normalized spacial score (nSPS) is 12.4. The Morgan fingerprint density at radius 2 is 1.91 bits per heavy atom. The smallest absolute Gasteiger partial charge is 0.335 e. The molecule has 0 saturated heterocycles. The van der Waals surface area contributed by atoms with E-state index in [4.69, 9.17) is 5.11 Å². The molecular formula is C18H19F2NO2. The lowest BCUT2D eigenvalue weighted by Crippen LogP contribution is -2.26. The zero-order valence-electron chi connectivity index (χ0n) is 13.0. The highest BCUT2D eigenvalue weighted by atomic mass is 19.1. The lowest BCUT2D eigenvalue weighted by molar-refractivity contribution is 0.0696. The van der Waals surface area contributed by atoms with Gasteiger partial charge in [0.1, 0.15) is 11.6 Å². The van der Waals surface area contributed by atoms with E-state index in [9.17, 15) is 13.6 Å². The zero-order valence-corrected chi connectivity index (χ0v) is 13.0. The Balaban J connectivity index is 2.17. The standard InChI is InChI=1S/C18H19F2NO2/c1-11(2)17(15-7-6-14(19)9-16(15)20)21-10-12-4-3-5-13(8-12)18(22)23/h3-9,11,17,21H,10H2,1-2H3,(H,22,23). The highest BCUT2D eigenvalue weighted by molar-refractivity contribution is 5.87. The van der Waals surface area contributed by atoms with Crippen molar-refractivity contribution >= 4 is 5.97 Å². The molecule has 0 spiro atoms. The minimum absolute atomic E-state index is 0.0811. The third-order valence-electron chi connectivity index (χ3n) is 3.66. The van der Waals surface area contributed by atoms with Crippen molar-refractivity contribution in [2.24, 2.45) is 5.92 Å². The van der Waals surface area contributed by atoms with Gasteiger partial charge in [0.05, 0.1) is 5.56 Å². The molecule has 0 aliphatic heterocycles. The van der Waals surface area contributed by atoms with Crippen LogP contribution in [0.15, 0.2) is 42.5 Å². The molecule has 0 heterocycles. The molecule has 1 atom stereocenters. The van der Waals surface area contributed by atoms with Gasteiger partial charge in [-0.05, 0) is 29.7 Å². The first kappa shape index (κ1) is 17.1. The van der Waals surface area contributed by atoms with Crippen LogP contribution in [0.4, 0.5) is 8.78 Å². The van der Waals surface area contributed by atoms with Gasteiger partial charge in [0.15, 0.2) is 0 Å². The van der Waals surface area contributed by atoms with E-state index in [-0.39, 0.29) is 17.5 Å². The predicted molar refractivity (Wildman–Crippen MR) is 84.2 cm³/mol. The van der Waals surface area contributed by atoms with E-state index >= 15 is 0 Å². The fourth-order valence-electron chi connectivity index (χ4n) is 2.50. The molecule has 2 aromatic rings. The molecular weight excluding hydrogens is 300 g/mol. The van der Waals surface area contributed by atoms with Crippen LogP contribution in [0.25, 0.3) is 0 Å². The lowest BCUT2D eigenvalue weighted by atomic mass is 9.95. The van der Waals surface area contributed by atoms with Gasteiger partial charge in [0, 0.05) is 24.2 Å². The van der Waals surface area contributed by atoms with Crippen LogP contribution in [0, 0.1) is 17.6 Å². The number of rotatable bonds is 6. The Bertz CT molecular complexity index is 701. The van der Waals surface area contributed by atoms with E-state index in [1.54, 1.807) is 18.2 Å². The Kier molecular flexibility index (Phi) is 5.45. The van der Waals surface area contributed by atoms with Gasteiger partial charge in [-0.3, -0.25) is 0 Å². The zero-order chi connectivity index (χ0) is 17.0. The molecule has 0 radical (unpaired) electrons. The number of hydrogen-bond acceptors (Lipinski definition) is 2. The van der Waals surface area contributed by atoms with Crippen LogP contribution < -0.4 is 5.32 Å². The number of carbonyl (C=O) groups is 1.